The van der Waals surface area contributed by atoms with Crippen LogP contribution in [-0.2, 0) is 4.79 Å². The molecule has 0 unspecified atom stereocenters. The highest BCUT2D eigenvalue weighted by atomic mass is 35.5. The number of ketones is 1. The Morgan fingerprint density at radius 1 is 1.44 bits per heavy atom. The molecule has 0 amide bonds. The van der Waals surface area contributed by atoms with Crippen LogP contribution in [0.15, 0.2) is 18.2 Å². The number of hydrogen-bond donors (Lipinski definition) is 0. The van der Waals surface area contributed by atoms with Crippen molar-refractivity contribution in [3.05, 3.63) is 38.9 Å². The van der Waals surface area contributed by atoms with E-state index in [-0.39, 0.29) is 17.4 Å². The quantitative estimate of drug-likeness (QED) is 0.589. The van der Waals surface area contributed by atoms with Crippen molar-refractivity contribution in [3.8, 4) is 0 Å². The first-order valence-electron chi connectivity index (χ1n) is 5.03. The van der Waals surface area contributed by atoms with Gasteiger partial charge < -0.3 is 0 Å². The van der Waals surface area contributed by atoms with E-state index in [1.165, 1.54) is 12.1 Å². The Morgan fingerprint density at radius 3 is 2.69 bits per heavy atom. The number of nitro groups is 1. The number of carbonyl (C=O) groups excluding carboxylic acids is 1. The lowest BCUT2D eigenvalue weighted by atomic mass is 9.97. The summed E-state index contributed by atoms with van der Waals surface area (Å²) in [6.45, 7) is 0. The molecule has 5 heteroatoms. The van der Waals surface area contributed by atoms with Gasteiger partial charge >= 0.3 is 0 Å². The lowest BCUT2D eigenvalue weighted by Gasteiger charge is -2.10. The standard InChI is InChI=1S/C11H10ClNO3/c12-11-6-8(13(15)16)2-4-10(11)7-1-3-9(14)5-7/h2,4,6-7H,1,3,5H2/t7-/m1/s1. The monoisotopic (exact) mass is 239 g/mol. The van der Waals surface area contributed by atoms with E-state index >= 15 is 0 Å². The third-order valence-corrected chi connectivity index (χ3v) is 3.21. The van der Waals surface area contributed by atoms with Gasteiger partial charge in [0.15, 0.2) is 0 Å². The fourth-order valence-electron chi connectivity index (χ4n) is 2.04. The van der Waals surface area contributed by atoms with Crippen LogP contribution >= 0.6 is 11.6 Å². The molecule has 0 aromatic heterocycles. The fourth-order valence-corrected chi connectivity index (χ4v) is 2.37. The maximum absolute atomic E-state index is 11.2. The largest absolute Gasteiger partial charge is 0.300 e. The van der Waals surface area contributed by atoms with E-state index in [1.807, 2.05) is 0 Å². The number of nitrogens with zero attached hydrogens (tertiary/aromatic N) is 1. The van der Waals surface area contributed by atoms with Gasteiger partial charge in [-0.2, -0.15) is 0 Å². The molecule has 0 spiro atoms. The fraction of sp³-hybridized carbons (Fsp3) is 0.364. The van der Waals surface area contributed by atoms with E-state index in [9.17, 15) is 14.9 Å². The molecule has 0 aliphatic heterocycles. The molecule has 1 aromatic rings. The van der Waals surface area contributed by atoms with Crippen molar-refractivity contribution in [2.24, 2.45) is 0 Å². The minimum absolute atomic E-state index is 0.0157. The van der Waals surface area contributed by atoms with Crippen molar-refractivity contribution >= 4 is 23.1 Å². The summed E-state index contributed by atoms with van der Waals surface area (Å²) in [5.74, 6) is 0.361. The topological polar surface area (TPSA) is 60.2 Å². The minimum atomic E-state index is -0.477. The van der Waals surface area contributed by atoms with Crippen molar-refractivity contribution in [2.45, 2.75) is 25.2 Å². The molecule has 1 atom stereocenters. The van der Waals surface area contributed by atoms with Gasteiger partial charge in [-0.25, -0.2) is 0 Å². The normalized spacial score (nSPS) is 20.1. The molecule has 16 heavy (non-hydrogen) atoms. The molecule has 1 fully saturated rings. The van der Waals surface area contributed by atoms with E-state index in [0.717, 1.165) is 12.0 Å². The number of non-ortho nitro benzene ring substituents is 1. The third-order valence-electron chi connectivity index (χ3n) is 2.88. The van der Waals surface area contributed by atoms with E-state index < -0.39 is 4.92 Å². The Kier molecular flexibility index (Phi) is 2.92. The zero-order valence-corrected chi connectivity index (χ0v) is 9.24. The zero-order valence-electron chi connectivity index (χ0n) is 8.48. The van der Waals surface area contributed by atoms with Crippen molar-refractivity contribution < 1.29 is 9.72 Å². The first-order valence-corrected chi connectivity index (χ1v) is 5.41. The Labute approximate surface area is 97.4 Å². The molecule has 0 N–H and O–H groups in total. The van der Waals surface area contributed by atoms with Gasteiger partial charge in [-0.3, -0.25) is 14.9 Å². The van der Waals surface area contributed by atoms with Crippen molar-refractivity contribution in [3.63, 3.8) is 0 Å². The zero-order chi connectivity index (χ0) is 11.7. The van der Waals surface area contributed by atoms with Gasteiger partial charge in [0, 0.05) is 25.0 Å². The van der Waals surface area contributed by atoms with Crippen LogP contribution in [0.2, 0.25) is 5.02 Å². The molecular formula is C11H10ClNO3. The van der Waals surface area contributed by atoms with Gasteiger partial charge in [0.2, 0.25) is 0 Å². The van der Waals surface area contributed by atoms with Crippen LogP contribution in [0.25, 0.3) is 0 Å². The maximum Gasteiger partial charge on any atom is 0.270 e. The second-order valence-corrected chi connectivity index (χ2v) is 4.35. The summed E-state index contributed by atoms with van der Waals surface area (Å²) >= 11 is 5.99. The van der Waals surface area contributed by atoms with Gasteiger partial charge in [0.25, 0.3) is 5.69 Å². The van der Waals surface area contributed by atoms with Crippen LogP contribution in [-0.4, -0.2) is 10.7 Å². The minimum Gasteiger partial charge on any atom is -0.300 e. The van der Waals surface area contributed by atoms with Crippen LogP contribution in [0.4, 0.5) is 5.69 Å². The molecular weight excluding hydrogens is 230 g/mol. The summed E-state index contributed by atoms with van der Waals surface area (Å²) in [6, 6.07) is 4.44. The number of halogens is 1. The molecule has 1 aliphatic rings. The Hall–Kier alpha value is -1.42. The van der Waals surface area contributed by atoms with Gasteiger partial charge in [0.05, 0.1) is 9.95 Å². The molecule has 0 saturated heterocycles. The maximum atomic E-state index is 11.2. The predicted octanol–water partition coefficient (Wildman–Crippen LogP) is 3.08. The van der Waals surface area contributed by atoms with Gasteiger partial charge in [0.1, 0.15) is 5.78 Å². The molecule has 1 aromatic carbocycles. The number of nitro benzene ring substituents is 1. The molecule has 84 valence electrons. The van der Waals surface area contributed by atoms with E-state index in [4.69, 9.17) is 11.6 Å². The average molecular weight is 240 g/mol. The van der Waals surface area contributed by atoms with Crippen LogP contribution in [0, 0.1) is 10.1 Å². The lowest BCUT2D eigenvalue weighted by Crippen LogP contribution is -1.96. The number of Topliss-reactive ketones (excluding diaryl/α,β-unsaturated/α-hetero) is 1. The first-order chi connectivity index (χ1) is 7.58. The second kappa shape index (κ2) is 4.22. The second-order valence-electron chi connectivity index (χ2n) is 3.94. The highest BCUT2D eigenvalue weighted by Gasteiger charge is 2.25. The highest BCUT2D eigenvalue weighted by Crippen LogP contribution is 2.37. The number of benzene rings is 1. The summed E-state index contributed by atoms with van der Waals surface area (Å²) < 4.78 is 0. The van der Waals surface area contributed by atoms with Crippen molar-refractivity contribution in [1.29, 1.82) is 0 Å². The summed E-state index contributed by atoms with van der Waals surface area (Å²) in [4.78, 5) is 21.2. The van der Waals surface area contributed by atoms with Crippen molar-refractivity contribution in [1.82, 2.24) is 0 Å². The van der Waals surface area contributed by atoms with Crippen LogP contribution in [0.3, 0.4) is 0 Å². The number of rotatable bonds is 2. The molecule has 0 radical (unpaired) electrons. The SMILES string of the molecule is O=C1CC[C@@H](c2ccc([N+](=O)[O-])cc2Cl)C1. The van der Waals surface area contributed by atoms with Crippen LogP contribution in [0.5, 0.6) is 0 Å². The van der Waals surface area contributed by atoms with E-state index in [0.29, 0.717) is 17.9 Å². The summed E-state index contributed by atoms with van der Waals surface area (Å²) in [5, 5.41) is 10.9. The first kappa shape index (κ1) is 11.1. The molecule has 0 bridgehead atoms. The summed E-state index contributed by atoms with van der Waals surface area (Å²) in [6.07, 6.45) is 1.87. The van der Waals surface area contributed by atoms with Gasteiger partial charge in [-0.1, -0.05) is 17.7 Å². The molecule has 1 aliphatic carbocycles. The van der Waals surface area contributed by atoms with Gasteiger partial charge in [-0.15, -0.1) is 0 Å². The van der Waals surface area contributed by atoms with Gasteiger partial charge in [-0.05, 0) is 17.9 Å². The van der Waals surface area contributed by atoms with Crippen LogP contribution < -0.4 is 0 Å². The van der Waals surface area contributed by atoms with Crippen LogP contribution in [0.1, 0.15) is 30.7 Å². The summed E-state index contributed by atoms with van der Waals surface area (Å²) in [7, 11) is 0. The lowest BCUT2D eigenvalue weighted by molar-refractivity contribution is -0.384. The van der Waals surface area contributed by atoms with E-state index in [2.05, 4.69) is 0 Å². The highest BCUT2D eigenvalue weighted by molar-refractivity contribution is 6.31. The smallest absolute Gasteiger partial charge is 0.270 e. The van der Waals surface area contributed by atoms with Crippen molar-refractivity contribution in [2.75, 3.05) is 0 Å². The molecule has 2 rings (SSSR count). The Balaban J connectivity index is 2.29. The van der Waals surface area contributed by atoms with E-state index in [1.54, 1.807) is 6.07 Å². The average Bonchev–Trinajstić information content (AvgIpc) is 2.64. The Bertz CT molecular complexity index is 459. The number of hydrogen-bond acceptors (Lipinski definition) is 3. The molecule has 0 heterocycles. The third kappa shape index (κ3) is 2.07. The number of carbonyl (C=O) groups is 1. The Morgan fingerprint density at radius 2 is 2.19 bits per heavy atom. The predicted molar refractivity (Wildman–Crippen MR) is 59.7 cm³/mol. The summed E-state index contributed by atoms with van der Waals surface area (Å²) in [5.41, 5.74) is 0.830. The molecule has 1 saturated carbocycles. The molecule has 4 nitrogen and oxygen atoms in total.